The number of benzene rings is 3. The van der Waals surface area contributed by atoms with Crippen LogP contribution in [0.3, 0.4) is 0 Å². The number of fused-ring (bicyclic) bond motifs is 1. The molecule has 3 rings (SSSR count). The van der Waals surface area contributed by atoms with Crippen molar-refractivity contribution in [3.63, 3.8) is 0 Å². The van der Waals surface area contributed by atoms with Gasteiger partial charge in [-0.25, -0.2) is 0 Å². The van der Waals surface area contributed by atoms with E-state index in [9.17, 15) is 0 Å². The van der Waals surface area contributed by atoms with Gasteiger partial charge in [-0.2, -0.15) is 0 Å². The van der Waals surface area contributed by atoms with Crippen molar-refractivity contribution in [2.75, 3.05) is 6.54 Å². The third kappa shape index (κ3) is 6.80. The first-order valence-electron chi connectivity index (χ1n) is 8.56. The second kappa shape index (κ2) is 12.3. The molecular weight excluding hydrogens is 316 g/mol. The summed E-state index contributed by atoms with van der Waals surface area (Å²) in [6, 6.07) is 25.5. The van der Waals surface area contributed by atoms with Gasteiger partial charge in [0.1, 0.15) is 0 Å². The maximum absolute atomic E-state index is 5.34. The van der Waals surface area contributed by atoms with Gasteiger partial charge in [-0.05, 0) is 41.0 Å². The van der Waals surface area contributed by atoms with Crippen LogP contribution in [0.2, 0.25) is 0 Å². The van der Waals surface area contributed by atoms with E-state index in [4.69, 9.17) is 11.5 Å². The van der Waals surface area contributed by atoms with Gasteiger partial charge in [0.25, 0.3) is 0 Å². The van der Waals surface area contributed by atoms with E-state index in [1.54, 1.807) is 6.08 Å². The van der Waals surface area contributed by atoms with Crippen LogP contribution in [0.15, 0.2) is 110 Å². The van der Waals surface area contributed by atoms with Crippen LogP contribution in [0, 0.1) is 0 Å². The van der Waals surface area contributed by atoms with Crippen molar-refractivity contribution in [1.29, 1.82) is 0 Å². The molecule has 0 aliphatic rings. The molecule has 26 heavy (non-hydrogen) atoms. The monoisotopic (exact) mass is 344 g/mol. The molecule has 0 atom stereocenters. The summed E-state index contributed by atoms with van der Waals surface area (Å²) < 4.78 is 0. The Labute approximate surface area is 157 Å². The largest absolute Gasteiger partial charge is 0.401 e. The van der Waals surface area contributed by atoms with Crippen molar-refractivity contribution >= 4 is 10.8 Å². The van der Waals surface area contributed by atoms with Crippen LogP contribution < -0.4 is 11.5 Å². The highest BCUT2D eigenvalue weighted by Crippen LogP contribution is 2.23. The Morgan fingerprint density at radius 3 is 2.08 bits per heavy atom. The SMILES string of the molecule is C/C=C\C=C(\N)CN.C=C.c1ccc(-c2ccc3ccccc3c2)cc1. The van der Waals surface area contributed by atoms with Gasteiger partial charge < -0.3 is 11.5 Å². The quantitative estimate of drug-likeness (QED) is 0.475. The fourth-order valence-corrected chi connectivity index (χ4v) is 2.29. The molecule has 3 aromatic carbocycles. The van der Waals surface area contributed by atoms with Crippen molar-refractivity contribution in [2.45, 2.75) is 6.92 Å². The van der Waals surface area contributed by atoms with E-state index in [0.717, 1.165) is 0 Å². The van der Waals surface area contributed by atoms with Crippen LogP contribution in [0.1, 0.15) is 6.92 Å². The molecule has 0 radical (unpaired) electrons. The number of hydrogen-bond acceptors (Lipinski definition) is 2. The highest BCUT2D eigenvalue weighted by atomic mass is 14.7. The lowest BCUT2D eigenvalue weighted by Crippen LogP contribution is -2.10. The first-order valence-corrected chi connectivity index (χ1v) is 8.56. The van der Waals surface area contributed by atoms with Gasteiger partial charge in [-0.3, -0.25) is 0 Å². The lowest BCUT2D eigenvalue weighted by Gasteiger charge is -2.03. The van der Waals surface area contributed by atoms with Gasteiger partial charge in [-0.1, -0.05) is 78.9 Å². The first-order chi connectivity index (χ1) is 12.7. The molecule has 4 N–H and O–H groups in total. The molecule has 0 saturated carbocycles. The highest BCUT2D eigenvalue weighted by Gasteiger charge is 1.97. The molecule has 0 spiro atoms. The third-order valence-electron chi connectivity index (χ3n) is 3.60. The topological polar surface area (TPSA) is 52.0 Å². The summed E-state index contributed by atoms with van der Waals surface area (Å²) in [6.07, 6.45) is 5.56. The van der Waals surface area contributed by atoms with Crippen molar-refractivity contribution in [2.24, 2.45) is 11.5 Å². The lowest BCUT2D eigenvalue weighted by molar-refractivity contribution is 1.11. The molecule has 2 nitrogen and oxygen atoms in total. The molecule has 0 bridgehead atoms. The Kier molecular flexibility index (Phi) is 9.90. The molecule has 0 saturated heterocycles. The van der Waals surface area contributed by atoms with E-state index in [1.807, 2.05) is 25.1 Å². The molecule has 134 valence electrons. The minimum absolute atomic E-state index is 0.435. The van der Waals surface area contributed by atoms with Crippen LogP contribution >= 0.6 is 0 Å². The van der Waals surface area contributed by atoms with E-state index in [1.165, 1.54) is 21.9 Å². The fourth-order valence-electron chi connectivity index (χ4n) is 2.29. The third-order valence-corrected chi connectivity index (χ3v) is 3.60. The minimum Gasteiger partial charge on any atom is -0.401 e. The van der Waals surface area contributed by atoms with E-state index in [0.29, 0.717) is 12.2 Å². The zero-order chi connectivity index (χ0) is 19.2. The van der Waals surface area contributed by atoms with Crippen LogP contribution in [-0.4, -0.2) is 6.54 Å². The molecule has 0 heterocycles. The maximum Gasteiger partial charge on any atom is 0.0326 e. The van der Waals surface area contributed by atoms with Crippen molar-refractivity contribution < 1.29 is 0 Å². The van der Waals surface area contributed by atoms with E-state index in [2.05, 4.69) is 79.9 Å². The molecule has 0 unspecified atom stereocenters. The Bertz CT molecular complexity index is 833. The van der Waals surface area contributed by atoms with Gasteiger partial charge in [0, 0.05) is 12.2 Å². The second-order valence-corrected chi connectivity index (χ2v) is 5.40. The molecule has 2 heteroatoms. The van der Waals surface area contributed by atoms with Gasteiger partial charge in [0.2, 0.25) is 0 Å². The zero-order valence-electron chi connectivity index (χ0n) is 15.4. The fraction of sp³-hybridized carbons (Fsp3) is 0.0833. The number of hydrogen-bond donors (Lipinski definition) is 2. The van der Waals surface area contributed by atoms with Gasteiger partial charge in [0.05, 0.1) is 0 Å². The average Bonchev–Trinajstić information content (AvgIpc) is 2.74. The first kappa shape index (κ1) is 20.9. The Balaban J connectivity index is 0.000000290. The summed E-state index contributed by atoms with van der Waals surface area (Å²) in [5.41, 5.74) is 13.8. The van der Waals surface area contributed by atoms with Crippen LogP contribution in [0.4, 0.5) is 0 Å². The van der Waals surface area contributed by atoms with Gasteiger partial charge >= 0.3 is 0 Å². The van der Waals surface area contributed by atoms with Crippen molar-refractivity contribution in [3.05, 3.63) is 110 Å². The lowest BCUT2D eigenvalue weighted by atomic mass is 10.0. The molecular formula is C24H28N2. The van der Waals surface area contributed by atoms with E-state index >= 15 is 0 Å². The molecule has 0 fully saturated rings. The normalized spacial score (nSPS) is 10.6. The molecule has 0 amide bonds. The second-order valence-electron chi connectivity index (χ2n) is 5.40. The Morgan fingerprint density at radius 1 is 0.846 bits per heavy atom. The maximum atomic E-state index is 5.34. The standard InChI is InChI=1S/C16H12.C6H12N2.C2H4/c1-2-6-13(7-3-1)16-11-10-14-8-4-5-9-15(14)12-16;1-2-3-4-6(8)5-7;1-2/h1-12H;2-4H,5,7-8H2,1H3;1-2H2/b;3-2-,6-4+;. The van der Waals surface area contributed by atoms with Crippen molar-refractivity contribution in [3.8, 4) is 11.1 Å². The van der Waals surface area contributed by atoms with Gasteiger partial charge in [0.15, 0.2) is 0 Å². The minimum atomic E-state index is 0.435. The van der Waals surface area contributed by atoms with Crippen LogP contribution in [0.5, 0.6) is 0 Å². The summed E-state index contributed by atoms with van der Waals surface area (Å²) in [5.74, 6) is 0. The summed E-state index contributed by atoms with van der Waals surface area (Å²) in [7, 11) is 0. The van der Waals surface area contributed by atoms with Crippen molar-refractivity contribution in [1.82, 2.24) is 0 Å². The summed E-state index contributed by atoms with van der Waals surface area (Å²) in [5, 5.41) is 2.59. The molecule has 0 aromatic heterocycles. The Morgan fingerprint density at radius 2 is 1.46 bits per heavy atom. The van der Waals surface area contributed by atoms with E-state index in [-0.39, 0.29) is 0 Å². The zero-order valence-corrected chi connectivity index (χ0v) is 15.4. The van der Waals surface area contributed by atoms with Gasteiger partial charge in [-0.15, -0.1) is 13.2 Å². The summed E-state index contributed by atoms with van der Waals surface area (Å²) >= 11 is 0. The van der Waals surface area contributed by atoms with Crippen LogP contribution in [-0.2, 0) is 0 Å². The predicted molar refractivity (Wildman–Crippen MR) is 117 cm³/mol. The molecule has 0 aliphatic carbocycles. The number of rotatable bonds is 3. The highest BCUT2D eigenvalue weighted by molar-refractivity contribution is 5.87. The van der Waals surface area contributed by atoms with E-state index < -0.39 is 0 Å². The summed E-state index contributed by atoms with van der Waals surface area (Å²) in [6.45, 7) is 8.37. The van der Waals surface area contributed by atoms with Crippen LogP contribution in [0.25, 0.3) is 21.9 Å². The molecule has 0 aliphatic heterocycles. The average molecular weight is 345 g/mol. The number of nitrogens with two attached hydrogens (primary N) is 2. The predicted octanol–water partition coefficient (Wildman–Crippen LogP) is 5.67. The smallest absolute Gasteiger partial charge is 0.0326 e. The number of allylic oxidation sites excluding steroid dienone is 3. The summed E-state index contributed by atoms with van der Waals surface area (Å²) in [4.78, 5) is 0. The Hall–Kier alpha value is -3.10. The molecule has 3 aromatic rings.